The Morgan fingerprint density at radius 2 is 0.889 bits per heavy atom. The van der Waals surface area contributed by atoms with Crippen molar-refractivity contribution in [3.63, 3.8) is 0 Å². The van der Waals surface area contributed by atoms with Gasteiger partial charge >= 0.3 is 11.8 Å². The maximum absolute atomic E-state index is 10.7. The summed E-state index contributed by atoms with van der Waals surface area (Å²) in [6, 6.07) is 42.1. The van der Waals surface area contributed by atoms with Gasteiger partial charge < -0.3 is 24.2 Å². The summed E-state index contributed by atoms with van der Waals surface area (Å²) in [6.45, 7) is 5.13. The Bertz CT molecular complexity index is 1610. The number of hydrogen-bond donors (Lipinski definition) is 0. The van der Waals surface area contributed by atoms with Gasteiger partial charge in [0.1, 0.15) is 0 Å². The van der Waals surface area contributed by atoms with Crippen molar-refractivity contribution in [2.24, 2.45) is 0 Å². The minimum Gasteiger partial charge on any atom is -0.871 e. The van der Waals surface area contributed by atoms with Gasteiger partial charge in [0.25, 0.3) is 4.66 Å². The second-order valence-electron chi connectivity index (χ2n) is 10.9. The van der Waals surface area contributed by atoms with Crippen molar-refractivity contribution < 1.29 is 43.3 Å². The van der Waals surface area contributed by atoms with E-state index in [4.69, 9.17) is 23.8 Å². The second-order valence-corrected chi connectivity index (χ2v) is 24.0. The molecule has 0 radical (unpaired) electrons. The molecule has 0 spiro atoms. The molecular formula is C38H39BBr6N2O7. The van der Waals surface area contributed by atoms with Gasteiger partial charge in [0, 0.05) is 33.6 Å². The Balaban J connectivity index is 0.000000238. The zero-order valence-corrected chi connectivity index (χ0v) is 38.9. The van der Waals surface area contributed by atoms with Crippen LogP contribution in [0.5, 0.6) is 11.8 Å². The molecule has 5 rings (SSSR count). The summed E-state index contributed by atoms with van der Waals surface area (Å²) in [5, 5.41) is 21.4. The van der Waals surface area contributed by atoms with Crippen LogP contribution >= 0.6 is 95.6 Å². The molecule has 0 aliphatic rings. The maximum atomic E-state index is 10.7. The molecule has 0 N–H and O–H groups in total. The van der Waals surface area contributed by atoms with Crippen molar-refractivity contribution in [1.82, 2.24) is 0 Å². The summed E-state index contributed by atoms with van der Waals surface area (Å²) < 4.78 is 17.2. The minimum absolute atomic E-state index is 0.159. The summed E-state index contributed by atoms with van der Waals surface area (Å²) >= 11 is 19.5. The van der Waals surface area contributed by atoms with Gasteiger partial charge in [0.05, 0.1) is 19.5 Å². The highest BCUT2D eigenvalue weighted by Crippen LogP contribution is 2.43. The molecule has 0 atom stereocenters. The van der Waals surface area contributed by atoms with E-state index in [0.717, 1.165) is 6.42 Å². The summed E-state index contributed by atoms with van der Waals surface area (Å²) in [7, 11) is -2.23. The number of ether oxygens (including phenoxy) is 2. The van der Waals surface area contributed by atoms with Gasteiger partial charge in [-0.3, -0.25) is 9.68 Å². The second kappa shape index (κ2) is 23.9. The van der Waals surface area contributed by atoms with Gasteiger partial charge in [-0.1, -0.05) is 91.0 Å². The van der Waals surface area contributed by atoms with Gasteiger partial charge in [-0.25, -0.2) is 0 Å². The smallest absolute Gasteiger partial charge is 0.419 e. The third kappa shape index (κ3) is 16.2. The highest BCUT2D eigenvalue weighted by molar-refractivity contribution is 9.39. The average Bonchev–Trinajstić information content (AvgIpc) is 3.14. The molecular weight excluding hydrogens is 1090 g/mol. The van der Waals surface area contributed by atoms with E-state index in [-0.39, 0.29) is 12.0 Å². The molecule has 5 aromatic rings. The summed E-state index contributed by atoms with van der Waals surface area (Å²) in [5.41, 5.74) is 3.17. The quantitative estimate of drug-likeness (QED) is 0.0370. The van der Waals surface area contributed by atoms with Crippen molar-refractivity contribution in [3.05, 3.63) is 156 Å². The van der Waals surface area contributed by atoms with E-state index in [0.29, 0.717) is 31.4 Å². The number of halogens is 6. The number of aromatic nitrogens is 2. The van der Waals surface area contributed by atoms with Crippen LogP contribution in [0.25, 0.3) is 0 Å². The molecule has 0 saturated heterocycles. The summed E-state index contributed by atoms with van der Waals surface area (Å²) in [6.07, 6.45) is 4.90. The first kappa shape index (κ1) is 46.4. The SMILES string of the molecule is CCO[n+]1ccccc1OC(Br)(Br)Br.CCO[n+]1ccccc1OC(Br)(Br)Br.[O-]B([O-])OCCCC(c1ccccc1)(c1ccccc1)c1ccccc1. The van der Waals surface area contributed by atoms with Gasteiger partial charge in [0.2, 0.25) is 12.4 Å². The first-order valence-electron chi connectivity index (χ1n) is 16.7. The van der Waals surface area contributed by atoms with Gasteiger partial charge in [0.15, 0.2) is 13.2 Å². The molecule has 0 bridgehead atoms. The average molecular weight is 1130 g/mol. The van der Waals surface area contributed by atoms with Crippen LogP contribution < -0.4 is 38.7 Å². The molecule has 0 fully saturated rings. The van der Waals surface area contributed by atoms with Crippen molar-refractivity contribution in [2.75, 3.05) is 19.8 Å². The van der Waals surface area contributed by atoms with Crippen LogP contribution in [-0.2, 0) is 10.1 Å². The lowest BCUT2D eigenvalue weighted by atomic mass is 9.67. The highest BCUT2D eigenvalue weighted by atomic mass is 80.0. The van der Waals surface area contributed by atoms with Crippen molar-refractivity contribution >= 4 is 103 Å². The van der Waals surface area contributed by atoms with E-state index in [1.165, 1.54) is 16.7 Å². The van der Waals surface area contributed by atoms with E-state index in [2.05, 4.69) is 132 Å². The van der Waals surface area contributed by atoms with Crippen LogP contribution in [0.4, 0.5) is 0 Å². The molecule has 0 unspecified atom stereocenters. The molecule has 0 amide bonds. The first-order valence-corrected chi connectivity index (χ1v) is 21.4. The number of benzene rings is 3. The maximum Gasteiger partial charge on any atom is 0.419 e. The molecule has 2 aromatic heterocycles. The largest absolute Gasteiger partial charge is 0.871 e. The molecule has 16 heteroatoms. The number of pyridine rings is 2. The van der Waals surface area contributed by atoms with E-state index in [9.17, 15) is 10.0 Å². The fraction of sp³-hybridized carbons (Fsp3) is 0.263. The fourth-order valence-corrected chi connectivity index (χ4v) is 6.32. The molecule has 0 aliphatic heterocycles. The predicted molar refractivity (Wildman–Crippen MR) is 228 cm³/mol. The van der Waals surface area contributed by atoms with E-state index < -0.39 is 12.0 Å². The molecule has 54 heavy (non-hydrogen) atoms. The fourth-order valence-electron chi connectivity index (χ4n) is 5.33. The number of nitrogens with zero attached hydrogens (tertiary/aromatic N) is 2. The minimum atomic E-state index is -2.23. The number of rotatable bonds is 14. The van der Waals surface area contributed by atoms with Gasteiger partial charge in [-0.15, -0.1) is 0 Å². The lowest BCUT2D eigenvalue weighted by Crippen LogP contribution is -2.48. The normalized spacial score (nSPS) is 11.2. The van der Waals surface area contributed by atoms with Crippen LogP contribution in [-0.4, -0.2) is 31.8 Å². The highest BCUT2D eigenvalue weighted by Gasteiger charge is 2.35. The van der Waals surface area contributed by atoms with E-state index >= 15 is 0 Å². The zero-order chi connectivity index (χ0) is 39.5. The predicted octanol–water partition coefficient (Wildman–Crippen LogP) is 7.72. The van der Waals surface area contributed by atoms with Crippen LogP contribution in [0.15, 0.2) is 140 Å². The standard InChI is InChI=1S/C22H21BO3.2C8H9Br3NO2/c24-23(25)26-18-10-17-22(19-11-4-1-5-12-19,20-13-6-2-7-14-20)21-15-8-3-9-16-21;2*1-2-13-12-6-4-3-5-7(12)14-8(9,10)11/h1-9,11-16H,10,17-18H2;2*3-6H,2H2,1H3/q-2;2*+1. The van der Waals surface area contributed by atoms with Gasteiger partial charge in [-0.2, -0.15) is 0 Å². The van der Waals surface area contributed by atoms with Crippen molar-refractivity contribution in [3.8, 4) is 11.8 Å². The van der Waals surface area contributed by atoms with E-state index in [1.54, 1.807) is 34.0 Å². The topological polar surface area (TPSA) is 100 Å². The lowest BCUT2D eigenvalue weighted by Gasteiger charge is -2.37. The molecule has 288 valence electrons. The molecule has 0 saturated carbocycles. The van der Waals surface area contributed by atoms with Crippen LogP contribution in [0.3, 0.4) is 0 Å². The summed E-state index contributed by atoms with van der Waals surface area (Å²) in [5.74, 6) is 1.17. The Hall–Kier alpha value is -2.02. The van der Waals surface area contributed by atoms with Crippen molar-refractivity contribution in [2.45, 2.75) is 36.8 Å². The van der Waals surface area contributed by atoms with Gasteiger partial charge in [-0.05, 0) is 151 Å². The van der Waals surface area contributed by atoms with E-state index in [1.807, 2.05) is 92.7 Å². The summed E-state index contributed by atoms with van der Waals surface area (Å²) in [4.78, 5) is 10.6. The zero-order valence-electron chi connectivity index (χ0n) is 29.4. The molecule has 3 aromatic carbocycles. The van der Waals surface area contributed by atoms with Crippen LogP contribution in [0.1, 0.15) is 43.4 Å². The van der Waals surface area contributed by atoms with Crippen molar-refractivity contribution in [1.29, 1.82) is 0 Å². The Kier molecular flexibility index (Phi) is 20.5. The molecule has 9 nitrogen and oxygen atoms in total. The van der Waals surface area contributed by atoms with Crippen LogP contribution in [0, 0.1) is 0 Å². The molecule has 2 heterocycles. The third-order valence-corrected chi connectivity index (χ3v) is 8.28. The number of alkyl halides is 6. The van der Waals surface area contributed by atoms with Crippen LogP contribution in [0.2, 0.25) is 0 Å². The molecule has 0 aliphatic carbocycles. The number of hydrogen-bond acceptors (Lipinski definition) is 7. The first-order chi connectivity index (χ1) is 25.8. The Morgan fingerprint density at radius 1 is 0.537 bits per heavy atom. The monoisotopic (exact) mass is 1120 g/mol. The lowest BCUT2D eigenvalue weighted by molar-refractivity contribution is -0.892. The Morgan fingerprint density at radius 3 is 1.20 bits per heavy atom. The third-order valence-electron chi connectivity index (χ3n) is 7.30. The Labute approximate surface area is 367 Å².